The van der Waals surface area contributed by atoms with Crippen LogP contribution in [0.3, 0.4) is 0 Å². The monoisotopic (exact) mass is 246 g/mol. The van der Waals surface area contributed by atoms with Crippen LogP contribution in [0.2, 0.25) is 0 Å². The van der Waals surface area contributed by atoms with E-state index < -0.39 is 0 Å². The minimum atomic E-state index is 0.443. The first kappa shape index (κ1) is 12.6. The maximum absolute atomic E-state index is 5.64. The van der Waals surface area contributed by atoms with Gasteiger partial charge in [-0.05, 0) is 31.2 Å². The molecule has 0 aliphatic heterocycles. The number of furan rings is 1. The molecule has 18 heavy (non-hydrogen) atoms. The van der Waals surface area contributed by atoms with Crippen LogP contribution in [-0.2, 0) is 13.2 Å². The number of pyridine rings is 1. The fourth-order valence-corrected chi connectivity index (χ4v) is 1.58. The SMILES string of the molecule is CCCNCc1cc(OCc2ccco2)ccn1. The van der Waals surface area contributed by atoms with Crippen molar-refractivity contribution in [3.05, 3.63) is 48.2 Å². The second kappa shape index (κ2) is 6.81. The number of nitrogens with one attached hydrogen (secondary N) is 1. The van der Waals surface area contributed by atoms with E-state index in [1.807, 2.05) is 24.3 Å². The van der Waals surface area contributed by atoms with Crippen LogP contribution in [-0.4, -0.2) is 11.5 Å². The first-order chi connectivity index (χ1) is 8.88. The maximum Gasteiger partial charge on any atom is 0.146 e. The number of rotatable bonds is 7. The van der Waals surface area contributed by atoms with Crippen molar-refractivity contribution < 1.29 is 9.15 Å². The van der Waals surface area contributed by atoms with Crippen LogP contribution in [0, 0.1) is 0 Å². The minimum Gasteiger partial charge on any atom is -0.486 e. The summed E-state index contributed by atoms with van der Waals surface area (Å²) in [5.41, 5.74) is 0.986. The molecule has 0 unspecified atom stereocenters. The molecule has 2 rings (SSSR count). The molecule has 2 aromatic heterocycles. The lowest BCUT2D eigenvalue weighted by Crippen LogP contribution is -2.14. The molecule has 0 fully saturated rings. The first-order valence-electron chi connectivity index (χ1n) is 6.19. The van der Waals surface area contributed by atoms with Crippen LogP contribution in [0.5, 0.6) is 5.75 Å². The smallest absolute Gasteiger partial charge is 0.146 e. The lowest BCUT2D eigenvalue weighted by molar-refractivity contribution is 0.269. The van der Waals surface area contributed by atoms with Gasteiger partial charge in [0, 0.05) is 18.8 Å². The largest absolute Gasteiger partial charge is 0.486 e. The Bertz CT molecular complexity index is 455. The first-order valence-corrected chi connectivity index (χ1v) is 6.19. The summed E-state index contributed by atoms with van der Waals surface area (Å²) in [7, 11) is 0. The average Bonchev–Trinajstić information content (AvgIpc) is 2.90. The zero-order valence-electron chi connectivity index (χ0n) is 10.6. The fourth-order valence-electron chi connectivity index (χ4n) is 1.58. The lowest BCUT2D eigenvalue weighted by atomic mass is 10.3. The minimum absolute atomic E-state index is 0.443. The summed E-state index contributed by atoms with van der Waals surface area (Å²) in [6.07, 6.45) is 4.53. The highest BCUT2D eigenvalue weighted by atomic mass is 16.5. The Morgan fingerprint density at radius 1 is 1.39 bits per heavy atom. The molecule has 4 nitrogen and oxygen atoms in total. The Morgan fingerprint density at radius 2 is 2.33 bits per heavy atom. The van der Waals surface area contributed by atoms with Crippen LogP contribution in [0.4, 0.5) is 0 Å². The standard InChI is InChI=1S/C14H18N2O2/c1-2-6-15-10-12-9-13(5-7-16-12)18-11-14-4-3-8-17-14/h3-5,7-9,15H,2,6,10-11H2,1H3. The van der Waals surface area contributed by atoms with Gasteiger partial charge in [0.2, 0.25) is 0 Å². The number of aromatic nitrogens is 1. The molecule has 0 aromatic carbocycles. The van der Waals surface area contributed by atoms with Crippen LogP contribution in [0.15, 0.2) is 41.1 Å². The fraction of sp³-hybridized carbons (Fsp3) is 0.357. The van der Waals surface area contributed by atoms with Crippen LogP contribution in [0.1, 0.15) is 24.8 Å². The summed E-state index contributed by atoms with van der Waals surface area (Å²) in [6, 6.07) is 7.55. The van der Waals surface area contributed by atoms with Crippen molar-refractivity contribution in [2.24, 2.45) is 0 Å². The predicted molar refractivity (Wildman–Crippen MR) is 69.3 cm³/mol. The number of hydrogen-bond acceptors (Lipinski definition) is 4. The van der Waals surface area contributed by atoms with Crippen molar-refractivity contribution in [2.45, 2.75) is 26.5 Å². The van der Waals surface area contributed by atoms with E-state index >= 15 is 0 Å². The molecule has 1 N–H and O–H groups in total. The Morgan fingerprint density at radius 3 is 3.11 bits per heavy atom. The van der Waals surface area contributed by atoms with Gasteiger partial charge in [0.1, 0.15) is 18.1 Å². The van der Waals surface area contributed by atoms with E-state index in [9.17, 15) is 0 Å². The van der Waals surface area contributed by atoms with Gasteiger partial charge in [0.25, 0.3) is 0 Å². The van der Waals surface area contributed by atoms with Crippen molar-refractivity contribution in [2.75, 3.05) is 6.54 Å². The van der Waals surface area contributed by atoms with Gasteiger partial charge < -0.3 is 14.5 Å². The molecule has 0 bridgehead atoms. The third-order valence-corrected chi connectivity index (χ3v) is 2.48. The van der Waals surface area contributed by atoms with Crippen molar-refractivity contribution in [3.63, 3.8) is 0 Å². The normalized spacial score (nSPS) is 10.5. The second-order valence-electron chi connectivity index (χ2n) is 4.03. The van der Waals surface area contributed by atoms with E-state index in [0.29, 0.717) is 6.61 Å². The second-order valence-corrected chi connectivity index (χ2v) is 4.03. The molecule has 0 amide bonds. The Labute approximate surface area is 107 Å². The van der Waals surface area contributed by atoms with Gasteiger partial charge in [-0.2, -0.15) is 0 Å². The topological polar surface area (TPSA) is 47.3 Å². The molecule has 0 spiro atoms. The molecule has 0 saturated heterocycles. The molecule has 0 atom stereocenters. The van der Waals surface area contributed by atoms with Crippen molar-refractivity contribution in [1.82, 2.24) is 10.3 Å². The summed E-state index contributed by atoms with van der Waals surface area (Å²) >= 11 is 0. The lowest BCUT2D eigenvalue weighted by Gasteiger charge is -2.06. The van der Waals surface area contributed by atoms with E-state index in [2.05, 4.69) is 17.2 Å². The Kier molecular flexibility index (Phi) is 4.78. The molecule has 2 heterocycles. The molecule has 4 heteroatoms. The van der Waals surface area contributed by atoms with Gasteiger partial charge in [-0.3, -0.25) is 4.98 Å². The van der Waals surface area contributed by atoms with Gasteiger partial charge in [-0.25, -0.2) is 0 Å². The number of nitrogens with zero attached hydrogens (tertiary/aromatic N) is 1. The Hall–Kier alpha value is -1.81. The van der Waals surface area contributed by atoms with E-state index in [-0.39, 0.29) is 0 Å². The third kappa shape index (κ3) is 3.89. The van der Waals surface area contributed by atoms with Crippen molar-refractivity contribution >= 4 is 0 Å². The van der Waals surface area contributed by atoms with Gasteiger partial charge in [0.05, 0.1) is 12.0 Å². The van der Waals surface area contributed by atoms with Gasteiger partial charge in [-0.1, -0.05) is 6.92 Å². The van der Waals surface area contributed by atoms with E-state index in [4.69, 9.17) is 9.15 Å². The van der Waals surface area contributed by atoms with Crippen LogP contribution < -0.4 is 10.1 Å². The molecule has 0 radical (unpaired) electrons. The van der Waals surface area contributed by atoms with Crippen molar-refractivity contribution in [3.8, 4) is 5.75 Å². The van der Waals surface area contributed by atoms with E-state index in [1.54, 1.807) is 12.5 Å². The van der Waals surface area contributed by atoms with Crippen LogP contribution in [0.25, 0.3) is 0 Å². The van der Waals surface area contributed by atoms with E-state index in [0.717, 1.165) is 36.7 Å². The maximum atomic E-state index is 5.64. The van der Waals surface area contributed by atoms with Gasteiger partial charge >= 0.3 is 0 Å². The third-order valence-electron chi connectivity index (χ3n) is 2.48. The summed E-state index contributed by atoms with van der Waals surface area (Å²) < 4.78 is 10.8. The molecule has 0 saturated carbocycles. The average molecular weight is 246 g/mol. The number of hydrogen-bond donors (Lipinski definition) is 1. The quantitative estimate of drug-likeness (QED) is 0.763. The zero-order chi connectivity index (χ0) is 12.6. The molecular formula is C14H18N2O2. The van der Waals surface area contributed by atoms with Crippen molar-refractivity contribution in [1.29, 1.82) is 0 Å². The highest BCUT2D eigenvalue weighted by molar-refractivity contribution is 5.22. The highest BCUT2D eigenvalue weighted by Gasteiger charge is 2.00. The molecule has 96 valence electrons. The summed E-state index contributed by atoms with van der Waals surface area (Å²) in [4.78, 5) is 4.29. The van der Waals surface area contributed by atoms with Gasteiger partial charge in [0.15, 0.2) is 0 Å². The predicted octanol–water partition coefficient (Wildman–Crippen LogP) is 2.75. The molecule has 2 aromatic rings. The molecule has 0 aliphatic rings. The van der Waals surface area contributed by atoms with Crippen LogP contribution >= 0.6 is 0 Å². The molecule has 0 aliphatic carbocycles. The Balaban J connectivity index is 1.86. The summed E-state index contributed by atoms with van der Waals surface area (Å²) in [5.74, 6) is 1.63. The molecular weight excluding hydrogens is 228 g/mol. The van der Waals surface area contributed by atoms with Gasteiger partial charge in [-0.15, -0.1) is 0 Å². The van der Waals surface area contributed by atoms with E-state index in [1.165, 1.54) is 0 Å². The highest BCUT2D eigenvalue weighted by Crippen LogP contribution is 2.13. The number of ether oxygens (including phenoxy) is 1. The summed E-state index contributed by atoms with van der Waals surface area (Å²) in [6.45, 7) is 4.35. The summed E-state index contributed by atoms with van der Waals surface area (Å²) in [5, 5.41) is 3.31. The zero-order valence-corrected chi connectivity index (χ0v) is 10.6.